The largest absolute Gasteiger partial charge is 0.329 e. The van der Waals surface area contributed by atoms with Gasteiger partial charge in [0.15, 0.2) is 0 Å². The van der Waals surface area contributed by atoms with E-state index in [4.69, 9.17) is 0 Å². The van der Waals surface area contributed by atoms with Gasteiger partial charge < -0.3 is 9.80 Å². The molecule has 0 saturated carbocycles. The maximum Gasteiger partial charge on any atom is 0.245 e. The highest BCUT2D eigenvalue weighted by molar-refractivity contribution is 5.94. The van der Waals surface area contributed by atoms with Crippen molar-refractivity contribution in [3.8, 4) is 0 Å². The summed E-state index contributed by atoms with van der Waals surface area (Å²) in [4.78, 5) is 27.9. The van der Waals surface area contributed by atoms with Gasteiger partial charge in [0.1, 0.15) is 18.4 Å². The zero-order chi connectivity index (χ0) is 16.1. The number of hydrogen-bond donors (Lipinski definition) is 0. The van der Waals surface area contributed by atoms with Crippen LogP contribution in [0.1, 0.15) is 38.7 Å². The van der Waals surface area contributed by atoms with Crippen LogP contribution >= 0.6 is 0 Å². The third kappa shape index (κ3) is 3.84. The van der Waals surface area contributed by atoms with Gasteiger partial charge in [0.2, 0.25) is 11.8 Å². The lowest BCUT2D eigenvalue weighted by molar-refractivity contribution is -0.155. The third-order valence-corrected chi connectivity index (χ3v) is 4.05. The second-order valence-corrected chi connectivity index (χ2v) is 5.79. The van der Waals surface area contributed by atoms with Crippen LogP contribution in [0.15, 0.2) is 24.3 Å². The molecule has 0 aliphatic carbocycles. The number of hydrogen-bond acceptors (Lipinski definition) is 2. The number of rotatable bonds is 6. The molecule has 1 aromatic carbocycles. The van der Waals surface area contributed by atoms with Gasteiger partial charge in [0.05, 0.1) is 0 Å². The summed E-state index contributed by atoms with van der Waals surface area (Å²) < 4.78 is 13.2. The molecular formula is C17H23FN2O2. The molecule has 1 aromatic rings. The van der Waals surface area contributed by atoms with Crippen LogP contribution in [0.4, 0.5) is 4.39 Å². The molecule has 0 bridgehead atoms. The van der Waals surface area contributed by atoms with E-state index in [9.17, 15) is 14.0 Å². The molecule has 1 fully saturated rings. The molecule has 0 unspecified atom stereocenters. The van der Waals surface area contributed by atoms with E-state index < -0.39 is 6.04 Å². The number of piperazine rings is 1. The number of benzene rings is 1. The Kier molecular flexibility index (Phi) is 5.52. The lowest BCUT2D eigenvalue weighted by atomic mass is 10.1. The molecule has 5 heteroatoms. The molecule has 1 heterocycles. The van der Waals surface area contributed by atoms with Crippen molar-refractivity contribution in [2.45, 2.75) is 45.7 Å². The molecule has 4 nitrogen and oxygen atoms in total. The fourth-order valence-corrected chi connectivity index (χ4v) is 2.79. The highest BCUT2D eigenvalue weighted by Crippen LogP contribution is 2.17. The second kappa shape index (κ2) is 7.38. The lowest BCUT2D eigenvalue weighted by Gasteiger charge is -2.38. The van der Waals surface area contributed by atoms with Crippen molar-refractivity contribution in [3.05, 3.63) is 35.6 Å². The van der Waals surface area contributed by atoms with Crippen LogP contribution in [0.5, 0.6) is 0 Å². The average molecular weight is 306 g/mol. The fraction of sp³-hybridized carbons (Fsp3) is 0.529. The van der Waals surface area contributed by atoms with E-state index in [2.05, 4.69) is 6.92 Å². The fourth-order valence-electron chi connectivity index (χ4n) is 2.79. The van der Waals surface area contributed by atoms with Crippen LogP contribution in [0, 0.1) is 5.82 Å². The molecule has 1 aliphatic heterocycles. The minimum Gasteiger partial charge on any atom is -0.329 e. The molecule has 0 aromatic heterocycles. The minimum absolute atomic E-state index is 0.0281. The number of carbonyl (C=O) groups is 2. The van der Waals surface area contributed by atoms with Gasteiger partial charge in [-0.05, 0) is 31.0 Å². The maximum absolute atomic E-state index is 13.2. The second-order valence-electron chi connectivity index (χ2n) is 5.79. The van der Waals surface area contributed by atoms with Crippen molar-refractivity contribution in [2.75, 3.05) is 13.1 Å². The zero-order valence-electron chi connectivity index (χ0n) is 13.2. The molecular weight excluding hydrogens is 283 g/mol. The lowest BCUT2D eigenvalue weighted by Crippen LogP contribution is -2.58. The summed E-state index contributed by atoms with van der Waals surface area (Å²) in [5.41, 5.74) is 0.702. The van der Waals surface area contributed by atoms with E-state index in [0.29, 0.717) is 12.1 Å². The maximum atomic E-state index is 13.2. The Labute approximate surface area is 130 Å². The first kappa shape index (κ1) is 16.5. The van der Waals surface area contributed by atoms with Crippen LogP contribution < -0.4 is 0 Å². The summed E-state index contributed by atoms with van der Waals surface area (Å²) in [6.45, 7) is 4.85. The summed E-state index contributed by atoms with van der Waals surface area (Å²) in [6, 6.07) is 5.70. The van der Waals surface area contributed by atoms with E-state index in [1.807, 2.05) is 0 Å². The van der Waals surface area contributed by atoms with Crippen molar-refractivity contribution in [2.24, 2.45) is 0 Å². The third-order valence-electron chi connectivity index (χ3n) is 4.05. The van der Waals surface area contributed by atoms with Crippen LogP contribution in [0.3, 0.4) is 0 Å². The first-order chi connectivity index (χ1) is 10.5. The number of unbranched alkanes of at least 4 members (excludes halogenated alkanes) is 2. The van der Waals surface area contributed by atoms with Crippen molar-refractivity contribution >= 4 is 11.8 Å². The Hall–Kier alpha value is -1.91. The van der Waals surface area contributed by atoms with Crippen molar-refractivity contribution in [1.82, 2.24) is 9.80 Å². The van der Waals surface area contributed by atoms with Gasteiger partial charge in [-0.25, -0.2) is 4.39 Å². The van der Waals surface area contributed by atoms with Crippen molar-refractivity contribution in [1.29, 1.82) is 0 Å². The number of amides is 2. The van der Waals surface area contributed by atoms with E-state index >= 15 is 0 Å². The molecule has 0 radical (unpaired) electrons. The zero-order valence-corrected chi connectivity index (χ0v) is 13.2. The van der Waals surface area contributed by atoms with Gasteiger partial charge >= 0.3 is 0 Å². The molecule has 120 valence electrons. The van der Waals surface area contributed by atoms with Crippen LogP contribution in [-0.2, 0) is 16.1 Å². The number of nitrogens with zero attached hydrogens (tertiary/aromatic N) is 2. The summed E-state index contributed by atoms with van der Waals surface area (Å²) >= 11 is 0. The first-order valence-corrected chi connectivity index (χ1v) is 7.85. The summed E-state index contributed by atoms with van der Waals surface area (Å²) in [5.74, 6) is -0.428. The topological polar surface area (TPSA) is 40.6 Å². The Balaban J connectivity index is 2.01. The summed E-state index contributed by atoms with van der Waals surface area (Å²) in [5, 5.41) is 0. The SMILES string of the molecule is CCCCCN1C(=O)CN(Cc2cccc(F)c2)C(=O)[C@@H]1C. The van der Waals surface area contributed by atoms with Gasteiger partial charge in [-0.3, -0.25) is 9.59 Å². The Bertz CT molecular complexity index is 547. The summed E-state index contributed by atoms with van der Waals surface area (Å²) in [6.07, 6.45) is 3.05. The Morgan fingerprint density at radius 1 is 1.27 bits per heavy atom. The highest BCUT2D eigenvalue weighted by Gasteiger charge is 2.35. The van der Waals surface area contributed by atoms with Gasteiger partial charge in [0, 0.05) is 13.1 Å². The number of carbonyl (C=O) groups excluding carboxylic acids is 2. The van der Waals surface area contributed by atoms with Crippen LogP contribution in [0.2, 0.25) is 0 Å². The molecule has 1 aliphatic rings. The van der Waals surface area contributed by atoms with Crippen LogP contribution in [-0.4, -0.2) is 40.7 Å². The quantitative estimate of drug-likeness (QED) is 0.758. The predicted molar refractivity (Wildman–Crippen MR) is 82.5 cm³/mol. The minimum atomic E-state index is -0.438. The molecule has 0 N–H and O–H groups in total. The number of halogens is 1. The average Bonchev–Trinajstić information content (AvgIpc) is 2.48. The molecule has 1 saturated heterocycles. The van der Waals surface area contributed by atoms with Crippen molar-refractivity contribution < 1.29 is 14.0 Å². The van der Waals surface area contributed by atoms with E-state index in [-0.39, 0.29) is 30.7 Å². The monoisotopic (exact) mass is 306 g/mol. The van der Waals surface area contributed by atoms with E-state index in [1.165, 1.54) is 17.0 Å². The van der Waals surface area contributed by atoms with Gasteiger partial charge in [0.25, 0.3) is 0 Å². The van der Waals surface area contributed by atoms with Gasteiger partial charge in [-0.1, -0.05) is 31.9 Å². The van der Waals surface area contributed by atoms with E-state index in [0.717, 1.165) is 19.3 Å². The molecule has 0 spiro atoms. The molecule has 1 atom stereocenters. The van der Waals surface area contributed by atoms with Crippen LogP contribution in [0.25, 0.3) is 0 Å². The normalized spacial score (nSPS) is 19.0. The van der Waals surface area contributed by atoms with E-state index in [1.54, 1.807) is 24.0 Å². The predicted octanol–water partition coefficient (Wildman–Crippen LogP) is 2.58. The van der Waals surface area contributed by atoms with Gasteiger partial charge in [-0.2, -0.15) is 0 Å². The standard InChI is InChI=1S/C17H23FN2O2/c1-3-4-5-9-20-13(2)17(22)19(12-16(20)21)11-14-7-6-8-15(18)10-14/h6-8,10,13H,3-5,9,11-12H2,1-2H3/t13-/m0/s1. The molecule has 22 heavy (non-hydrogen) atoms. The van der Waals surface area contributed by atoms with Gasteiger partial charge in [-0.15, -0.1) is 0 Å². The molecule has 2 amide bonds. The first-order valence-electron chi connectivity index (χ1n) is 7.85. The Morgan fingerprint density at radius 3 is 2.73 bits per heavy atom. The smallest absolute Gasteiger partial charge is 0.245 e. The Morgan fingerprint density at radius 2 is 2.05 bits per heavy atom. The van der Waals surface area contributed by atoms with Crippen molar-refractivity contribution in [3.63, 3.8) is 0 Å². The highest BCUT2D eigenvalue weighted by atomic mass is 19.1. The summed E-state index contributed by atoms with van der Waals surface area (Å²) in [7, 11) is 0. The molecule has 2 rings (SSSR count).